The molecule has 3 N–H and O–H groups in total. The van der Waals surface area contributed by atoms with Gasteiger partial charge in [0, 0.05) is 31.4 Å². The summed E-state index contributed by atoms with van der Waals surface area (Å²) in [6.07, 6.45) is 6.83. The van der Waals surface area contributed by atoms with Crippen LogP contribution < -0.4 is 11.1 Å². The molecule has 0 spiro atoms. The first-order valence-corrected chi connectivity index (χ1v) is 10.5. The summed E-state index contributed by atoms with van der Waals surface area (Å²) in [6.45, 7) is 2.28. The summed E-state index contributed by atoms with van der Waals surface area (Å²) in [4.78, 5) is 34.5. The summed E-state index contributed by atoms with van der Waals surface area (Å²) < 4.78 is 14.1. The van der Waals surface area contributed by atoms with E-state index < -0.39 is 11.7 Å². The Hall–Kier alpha value is -2.87. The van der Waals surface area contributed by atoms with Crippen molar-refractivity contribution in [2.75, 3.05) is 20.6 Å². The second-order valence-corrected chi connectivity index (χ2v) is 8.52. The molecule has 1 aliphatic rings. The maximum atomic E-state index is 14.1. The van der Waals surface area contributed by atoms with Crippen LogP contribution in [0.2, 0.25) is 0 Å². The Morgan fingerprint density at radius 3 is 2.48 bits per heavy atom. The fourth-order valence-corrected chi connectivity index (χ4v) is 3.75. The van der Waals surface area contributed by atoms with Gasteiger partial charge in [0.25, 0.3) is 5.91 Å². The first-order chi connectivity index (χ1) is 14.7. The molecule has 7 nitrogen and oxygen atoms in total. The molecule has 1 aliphatic carbocycles. The van der Waals surface area contributed by atoms with Gasteiger partial charge < -0.3 is 16.0 Å². The maximum Gasteiger partial charge on any atom is 0.251 e. The van der Waals surface area contributed by atoms with Gasteiger partial charge in [-0.15, -0.1) is 0 Å². The Bertz CT molecular complexity index is 928. The molecule has 8 heteroatoms. The number of nitrogens with two attached hydrogens (primary N) is 1. The SMILES string of the molecule is Cc1ncc([C@H](CC(=O)NC[C@H](Cc2ccc(C(N)=O)c(F)c2)N(C)C)C2CC2)cn1. The topological polar surface area (TPSA) is 101 Å². The van der Waals surface area contributed by atoms with Crippen LogP contribution in [-0.2, 0) is 11.2 Å². The van der Waals surface area contributed by atoms with Gasteiger partial charge in [0.05, 0.1) is 5.56 Å². The van der Waals surface area contributed by atoms with Crippen LogP contribution in [0, 0.1) is 18.7 Å². The zero-order valence-electron chi connectivity index (χ0n) is 18.3. The lowest BCUT2D eigenvalue weighted by Crippen LogP contribution is -2.42. The molecule has 2 amide bonds. The van der Waals surface area contributed by atoms with Crippen molar-refractivity contribution in [2.24, 2.45) is 11.7 Å². The maximum absolute atomic E-state index is 14.1. The van der Waals surface area contributed by atoms with Gasteiger partial charge in [0.2, 0.25) is 5.91 Å². The second kappa shape index (κ2) is 9.96. The minimum Gasteiger partial charge on any atom is -0.366 e. The second-order valence-electron chi connectivity index (χ2n) is 8.52. The largest absolute Gasteiger partial charge is 0.366 e. The van der Waals surface area contributed by atoms with Crippen LogP contribution in [0.1, 0.15) is 52.5 Å². The minimum atomic E-state index is -0.787. The Morgan fingerprint density at radius 1 is 1.26 bits per heavy atom. The van der Waals surface area contributed by atoms with Crippen molar-refractivity contribution in [1.82, 2.24) is 20.2 Å². The van der Waals surface area contributed by atoms with Crippen LogP contribution in [0.3, 0.4) is 0 Å². The lowest BCUT2D eigenvalue weighted by atomic mass is 9.92. The number of carbonyl (C=O) groups is 2. The molecule has 1 aromatic carbocycles. The normalized spacial score (nSPS) is 15.5. The number of hydrogen-bond donors (Lipinski definition) is 2. The summed E-state index contributed by atoms with van der Waals surface area (Å²) in [5.74, 6) is -0.0671. The highest BCUT2D eigenvalue weighted by molar-refractivity contribution is 5.93. The van der Waals surface area contributed by atoms with Gasteiger partial charge in [-0.1, -0.05) is 6.07 Å². The Morgan fingerprint density at radius 2 is 1.94 bits per heavy atom. The van der Waals surface area contributed by atoms with Gasteiger partial charge in [-0.25, -0.2) is 14.4 Å². The number of aryl methyl sites for hydroxylation is 1. The molecule has 0 bridgehead atoms. The van der Waals surface area contributed by atoms with Gasteiger partial charge in [-0.3, -0.25) is 9.59 Å². The van der Waals surface area contributed by atoms with Crippen molar-refractivity contribution in [3.8, 4) is 0 Å². The van der Waals surface area contributed by atoms with Crippen molar-refractivity contribution in [3.63, 3.8) is 0 Å². The van der Waals surface area contributed by atoms with Gasteiger partial charge in [-0.05, 0) is 75.4 Å². The van der Waals surface area contributed by atoms with Crippen molar-refractivity contribution in [2.45, 2.75) is 44.6 Å². The molecule has 1 heterocycles. The highest BCUT2D eigenvalue weighted by atomic mass is 19.1. The van der Waals surface area contributed by atoms with Crippen LogP contribution in [-0.4, -0.2) is 53.4 Å². The first kappa shape index (κ1) is 22.8. The van der Waals surface area contributed by atoms with E-state index in [1.807, 2.05) is 38.3 Å². The third kappa shape index (κ3) is 6.30. The molecule has 0 saturated heterocycles. The average Bonchev–Trinajstić information content (AvgIpc) is 3.55. The number of nitrogens with zero attached hydrogens (tertiary/aromatic N) is 3. The van der Waals surface area contributed by atoms with E-state index in [-0.39, 0.29) is 23.4 Å². The summed E-state index contributed by atoms with van der Waals surface area (Å²) in [6, 6.07) is 4.41. The fraction of sp³-hybridized carbons (Fsp3) is 0.478. The highest BCUT2D eigenvalue weighted by Crippen LogP contribution is 2.44. The Labute approximate surface area is 182 Å². The van der Waals surface area contributed by atoms with Crippen LogP contribution in [0.5, 0.6) is 0 Å². The molecule has 2 atom stereocenters. The molecule has 1 fully saturated rings. The van der Waals surface area contributed by atoms with Crippen molar-refractivity contribution in [3.05, 3.63) is 58.9 Å². The van der Waals surface area contributed by atoms with Gasteiger partial charge in [-0.2, -0.15) is 0 Å². The van der Waals surface area contributed by atoms with E-state index >= 15 is 0 Å². The standard InChI is InChI=1S/C23H30FN5O2/c1-14-26-11-17(12-27-14)20(16-5-6-16)10-22(30)28-13-18(29(2)3)8-15-4-7-19(23(25)31)21(24)9-15/h4,7,9,11-12,16,18,20H,5-6,8,10,13H2,1-3H3,(H2,25,31)(H,28,30)/t18-,20+/m0/s1. The van der Waals surface area contributed by atoms with E-state index in [4.69, 9.17) is 5.73 Å². The summed E-state index contributed by atoms with van der Waals surface area (Å²) >= 11 is 0. The molecule has 0 unspecified atom stereocenters. The first-order valence-electron chi connectivity index (χ1n) is 10.5. The van der Waals surface area contributed by atoms with E-state index in [1.54, 1.807) is 6.07 Å². The van der Waals surface area contributed by atoms with Crippen LogP contribution >= 0.6 is 0 Å². The lowest BCUT2D eigenvalue weighted by molar-refractivity contribution is -0.121. The van der Waals surface area contributed by atoms with Crippen LogP contribution in [0.25, 0.3) is 0 Å². The highest BCUT2D eigenvalue weighted by Gasteiger charge is 2.34. The van der Waals surface area contributed by atoms with Crippen LogP contribution in [0.15, 0.2) is 30.6 Å². The Balaban J connectivity index is 1.59. The number of amides is 2. The quantitative estimate of drug-likeness (QED) is 0.605. The monoisotopic (exact) mass is 427 g/mol. The van der Waals surface area contributed by atoms with Gasteiger partial charge in [0.1, 0.15) is 11.6 Å². The summed E-state index contributed by atoms with van der Waals surface area (Å²) in [7, 11) is 3.84. The summed E-state index contributed by atoms with van der Waals surface area (Å²) in [5, 5.41) is 3.03. The molecule has 1 aromatic heterocycles. The van der Waals surface area contributed by atoms with Gasteiger partial charge in [0.15, 0.2) is 0 Å². The van der Waals surface area contributed by atoms with Crippen molar-refractivity contribution in [1.29, 1.82) is 0 Å². The average molecular weight is 428 g/mol. The van der Waals surface area contributed by atoms with E-state index in [0.717, 1.165) is 29.8 Å². The number of primary amides is 1. The fourth-order valence-electron chi connectivity index (χ4n) is 3.75. The van der Waals surface area contributed by atoms with Crippen molar-refractivity contribution < 1.29 is 14.0 Å². The molecular weight excluding hydrogens is 397 g/mol. The number of aromatic nitrogens is 2. The van der Waals surface area contributed by atoms with E-state index in [2.05, 4.69) is 15.3 Å². The number of likely N-dealkylation sites (N-methyl/N-ethyl adjacent to an activating group) is 1. The van der Waals surface area contributed by atoms with E-state index in [9.17, 15) is 14.0 Å². The van der Waals surface area contributed by atoms with E-state index in [0.29, 0.717) is 25.3 Å². The smallest absolute Gasteiger partial charge is 0.251 e. The number of carbonyl (C=O) groups excluding carboxylic acids is 2. The van der Waals surface area contributed by atoms with E-state index in [1.165, 1.54) is 12.1 Å². The minimum absolute atomic E-state index is 0.0143. The van der Waals surface area contributed by atoms with Crippen LogP contribution in [0.4, 0.5) is 4.39 Å². The molecule has 3 rings (SSSR count). The Kier molecular flexibility index (Phi) is 7.33. The predicted octanol–water partition coefficient (Wildman–Crippen LogP) is 2.20. The molecule has 31 heavy (non-hydrogen) atoms. The number of benzene rings is 1. The van der Waals surface area contributed by atoms with Crippen molar-refractivity contribution >= 4 is 11.8 Å². The zero-order valence-corrected chi connectivity index (χ0v) is 18.3. The molecule has 166 valence electrons. The number of halogens is 1. The van der Waals surface area contributed by atoms with Gasteiger partial charge >= 0.3 is 0 Å². The summed E-state index contributed by atoms with van der Waals surface area (Å²) in [5.41, 5.74) is 6.80. The molecule has 0 radical (unpaired) electrons. The molecule has 0 aliphatic heterocycles. The number of rotatable bonds is 10. The molecular formula is C23H30FN5O2. The molecule has 1 saturated carbocycles. The third-order valence-corrected chi connectivity index (χ3v) is 5.86. The number of nitrogens with one attached hydrogen (secondary N) is 1. The third-order valence-electron chi connectivity index (χ3n) is 5.86. The molecule has 2 aromatic rings. The lowest BCUT2D eigenvalue weighted by Gasteiger charge is -2.25. The predicted molar refractivity (Wildman–Crippen MR) is 116 cm³/mol. The number of hydrogen-bond acceptors (Lipinski definition) is 5. The zero-order chi connectivity index (χ0) is 22.5.